The summed E-state index contributed by atoms with van der Waals surface area (Å²) >= 11 is 6.27. The third kappa shape index (κ3) is 7.76. The smallest absolute Gasteiger partial charge is 0.264 e. The van der Waals surface area contributed by atoms with Gasteiger partial charge in [0.2, 0.25) is 11.8 Å². The number of benzene rings is 3. The van der Waals surface area contributed by atoms with Gasteiger partial charge in [0.1, 0.15) is 18.3 Å². The number of hydrogen-bond acceptors (Lipinski definition) is 5. The topological polar surface area (TPSA) is 96.0 Å². The Labute approximate surface area is 241 Å². The Balaban J connectivity index is 2.07. The van der Waals surface area contributed by atoms with E-state index in [1.807, 2.05) is 44.2 Å². The SMILES string of the molecule is CCCCNC(=O)[C@H](CC)N(Cc1ccccc1)C(=O)CN(c1cc(Cl)ccc1OC)S(=O)(=O)c1ccccc1. The lowest BCUT2D eigenvalue weighted by Gasteiger charge is -2.33. The Morgan fingerprint density at radius 2 is 1.62 bits per heavy atom. The van der Waals surface area contributed by atoms with E-state index in [0.717, 1.165) is 22.7 Å². The van der Waals surface area contributed by atoms with Crippen molar-refractivity contribution in [1.29, 1.82) is 0 Å². The van der Waals surface area contributed by atoms with Crippen LogP contribution in [0.3, 0.4) is 0 Å². The molecule has 0 spiro atoms. The third-order valence-corrected chi connectivity index (χ3v) is 8.44. The number of nitrogens with one attached hydrogen (secondary N) is 1. The first-order valence-corrected chi connectivity index (χ1v) is 15.1. The van der Waals surface area contributed by atoms with Crippen LogP contribution in [0.5, 0.6) is 5.75 Å². The zero-order valence-corrected chi connectivity index (χ0v) is 24.6. The second kappa shape index (κ2) is 14.7. The highest BCUT2D eigenvalue weighted by molar-refractivity contribution is 7.92. The van der Waals surface area contributed by atoms with Crippen LogP contribution in [0.4, 0.5) is 5.69 Å². The van der Waals surface area contributed by atoms with Crippen molar-refractivity contribution < 1.29 is 22.7 Å². The lowest BCUT2D eigenvalue weighted by Crippen LogP contribution is -2.52. The maximum absolute atomic E-state index is 14.1. The molecule has 214 valence electrons. The molecule has 0 aliphatic rings. The van der Waals surface area contributed by atoms with Gasteiger partial charge in [-0.25, -0.2) is 8.42 Å². The van der Waals surface area contributed by atoms with Gasteiger partial charge in [0, 0.05) is 18.1 Å². The molecule has 0 fully saturated rings. The average molecular weight is 586 g/mol. The van der Waals surface area contributed by atoms with Gasteiger partial charge < -0.3 is 15.0 Å². The number of anilines is 1. The number of unbranched alkanes of at least 4 members (excludes halogenated alkanes) is 1. The first-order chi connectivity index (χ1) is 19.2. The molecule has 1 atom stereocenters. The molecule has 0 bridgehead atoms. The fourth-order valence-electron chi connectivity index (χ4n) is 4.30. The second-order valence-electron chi connectivity index (χ2n) is 9.22. The number of methoxy groups -OCH3 is 1. The van der Waals surface area contributed by atoms with Gasteiger partial charge in [-0.1, -0.05) is 80.4 Å². The number of hydrogen-bond donors (Lipinski definition) is 1. The first-order valence-electron chi connectivity index (χ1n) is 13.2. The highest BCUT2D eigenvalue weighted by Crippen LogP contribution is 2.35. The molecule has 2 amide bonds. The molecule has 0 aliphatic carbocycles. The summed E-state index contributed by atoms with van der Waals surface area (Å²) in [7, 11) is -2.81. The van der Waals surface area contributed by atoms with Crippen molar-refractivity contribution in [3.63, 3.8) is 0 Å². The summed E-state index contributed by atoms with van der Waals surface area (Å²) in [4.78, 5) is 28.8. The minimum absolute atomic E-state index is 0.00351. The van der Waals surface area contributed by atoms with Crippen LogP contribution >= 0.6 is 11.6 Å². The summed E-state index contributed by atoms with van der Waals surface area (Å²) in [5, 5.41) is 3.20. The minimum atomic E-state index is -4.23. The van der Waals surface area contributed by atoms with Crippen LogP contribution in [0.15, 0.2) is 83.8 Å². The molecule has 3 aromatic rings. The molecule has 8 nitrogen and oxygen atoms in total. The zero-order valence-electron chi connectivity index (χ0n) is 23.0. The predicted octanol–water partition coefficient (Wildman–Crippen LogP) is 5.27. The van der Waals surface area contributed by atoms with Gasteiger partial charge in [0.05, 0.1) is 17.7 Å². The molecule has 0 heterocycles. The molecule has 10 heteroatoms. The Bertz CT molecular complexity index is 1370. The molecular weight excluding hydrogens is 550 g/mol. The van der Waals surface area contributed by atoms with Crippen molar-refractivity contribution in [3.05, 3.63) is 89.4 Å². The fourth-order valence-corrected chi connectivity index (χ4v) is 5.90. The number of halogens is 1. The lowest BCUT2D eigenvalue weighted by atomic mass is 10.1. The number of carbonyl (C=O) groups is 2. The van der Waals surface area contributed by atoms with Crippen LogP contribution in [0.2, 0.25) is 5.02 Å². The Kier molecular flexibility index (Phi) is 11.4. The number of nitrogens with zero attached hydrogens (tertiary/aromatic N) is 2. The molecule has 40 heavy (non-hydrogen) atoms. The average Bonchev–Trinajstić information content (AvgIpc) is 2.96. The van der Waals surface area contributed by atoms with Gasteiger partial charge in [0.15, 0.2) is 0 Å². The van der Waals surface area contributed by atoms with E-state index < -0.39 is 28.5 Å². The normalized spacial score (nSPS) is 11.9. The van der Waals surface area contributed by atoms with Crippen LogP contribution in [-0.2, 0) is 26.2 Å². The van der Waals surface area contributed by atoms with E-state index in [1.54, 1.807) is 30.3 Å². The van der Waals surface area contributed by atoms with Gasteiger partial charge in [-0.2, -0.15) is 0 Å². The number of sulfonamides is 1. The van der Waals surface area contributed by atoms with Gasteiger partial charge in [0.25, 0.3) is 10.0 Å². The zero-order chi connectivity index (χ0) is 29.1. The standard InChI is InChI=1S/C30H36ClN3O5S/c1-4-6-19-32-30(36)26(5-2)33(21-23-13-9-7-10-14-23)29(35)22-34(27-20-24(31)17-18-28(27)39-3)40(37,38)25-15-11-8-12-16-25/h7-18,20,26H,4-6,19,21-22H2,1-3H3,(H,32,36)/t26-/m0/s1. The van der Waals surface area contributed by atoms with Gasteiger partial charge in [-0.05, 0) is 48.7 Å². The van der Waals surface area contributed by atoms with E-state index in [4.69, 9.17) is 16.3 Å². The largest absolute Gasteiger partial charge is 0.495 e. The van der Waals surface area contributed by atoms with Crippen LogP contribution < -0.4 is 14.4 Å². The maximum Gasteiger partial charge on any atom is 0.264 e. The summed E-state index contributed by atoms with van der Waals surface area (Å²) in [6.07, 6.45) is 2.08. The van der Waals surface area contributed by atoms with Crippen molar-refractivity contribution >= 4 is 39.1 Å². The molecule has 0 saturated carbocycles. The van der Waals surface area contributed by atoms with Crippen molar-refractivity contribution in [2.45, 2.75) is 50.6 Å². The number of rotatable bonds is 14. The van der Waals surface area contributed by atoms with Crippen LogP contribution in [-0.4, -0.2) is 51.4 Å². The molecule has 0 radical (unpaired) electrons. The molecule has 0 saturated heterocycles. The van der Waals surface area contributed by atoms with Crippen molar-refractivity contribution in [3.8, 4) is 5.75 Å². The first kappa shape index (κ1) is 31.0. The van der Waals surface area contributed by atoms with Gasteiger partial charge in [-0.3, -0.25) is 13.9 Å². The highest BCUT2D eigenvalue weighted by atomic mass is 35.5. The van der Waals surface area contributed by atoms with E-state index >= 15 is 0 Å². The van der Waals surface area contributed by atoms with Crippen LogP contribution in [0, 0.1) is 0 Å². The van der Waals surface area contributed by atoms with Crippen molar-refractivity contribution in [2.24, 2.45) is 0 Å². The van der Waals surface area contributed by atoms with Crippen LogP contribution in [0.1, 0.15) is 38.7 Å². The quantitative estimate of drug-likeness (QED) is 0.260. The summed E-state index contributed by atoms with van der Waals surface area (Å²) < 4.78 is 34.4. The molecule has 3 rings (SSSR count). The molecule has 0 aliphatic heterocycles. The number of amides is 2. The van der Waals surface area contributed by atoms with E-state index in [2.05, 4.69) is 5.32 Å². The van der Waals surface area contributed by atoms with Crippen molar-refractivity contribution in [1.82, 2.24) is 10.2 Å². The highest BCUT2D eigenvalue weighted by Gasteiger charge is 2.34. The second-order valence-corrected chi connectivity index (χ2v) is 11.5. The summed E-state index contributed by atoms with van der Waals surface area (Å²) in [5.41, 5.74) is 0.931. The molecule has 3 aromatic carbocycles. The monoisotopic (exact) mass is 585 g/mol. The Morgan fingerprint density at radius 3 is 2.23 bits per heavy atom. The van der Waals surface area contributed by atoms with E-state index in [1.165, 1.54) is 30.2 Å². The molecule has 0 aromatic heterocycles. The maximum atomic E-state index is 14.1. The number of carbonyl (C=O) groups excluding carboxylic acids is 2. The summed E-state index contributed by atoms with van der Waals surface area (Å²) in [5.74, 6) is -0.587. The molecular formula is C30H36ClN3O5S. The van der Waals surface area contributed by atoms with Crippen molar-refractivity contribution in [2.75, 3.05) is 24.5 Å². The van der Waals surface area contributed by atoms with Crippen LogP contribution in [0.25, 0.3) is 0 Å². The fraction of sp³-hybridized carbons (Fsp3) is 0.333. The summed E-state index contributed by atoms with van der Waals surface area (Å²) in [6.45, 7) is 3.91. The predicted molar refractivity (Wildman–Crippen MR) is 158 cm³/mol. The third-order valence-electron chi connectivity index (χ3n) is 6.43. The molecule has 1 N–H and O–H groups in total. The van der Waals surface area contributed by atoms with Gasteiger partial charge in [-0.15, -0.1) is 0 Å². The molecule has 0 unspecified atom stereocenters. The summed E-state index contributed by atoms with van der Waals surface area (Å²) in [6, 6.07) is 20.9. The van der Waals surface area contributed by atoms with E-state index in [0.29, 0.717) is 13.0 Å². The Hall–Kier alpha value is -3.56. The van der Waals surface area contributed by atoms with E-state index in [9.17, 15) is 18.0 Å². The Morgan fingerprint density at radius 1 is 0.975 bits per heavy atom. The minimum Gasteiger partial charge on any atom is -0.495 e. The van der Waals surface area contributed by atoms with E-state index in [-0.39, 0.29) is 33.8 Å². The number of ether oxygens (including phenoxy) is 1. The van der Waals surface area contributed by atoms with Gasteiger partial charge >= 0.3 is 0 Å². The lowest BCUT2D eigenvalue weighted by molar-refractivity contribution is -0.140.